The largest absolute Gasteiger partial charge is 0.455 e. The molecule has 2 amide bonds. The SMILES string of the molecule is CCC(C)C=C[C@@H](OC(C)=O)[C@H](OC(C)=O)[C@@H](OC(C)=O)[C@@H](OC)C(=O)N[C@H]1CCCCN(Cc2ccc(F)cc2)C1=O. The van der Waals surface area contributed by atoms with Gasteiger partial charge in [-0.1, -0.05) is 38.5 Å². The zero-order chi connectivity index (χ0) is 32.1. The van der Waals surface area contributed by atoms with Crippen LogP contribution in [0, 0.1) is 11.7 Å². The Balaban J connectivity index is 2.39. The molecule has 0 spiro atoms. The van der Waals surface area contributed by atoms with Crippen molar-refractivity contribution in [1.29, 1.82) is 0 Å². The Morgan fingerprint density at radius 2 is 1.58 bits per heavy atom. The van der Waals surface area contributed by atoms with Gasteiger partial charge in [0.15, 0.2) is 24.4 Å². The van der Waals surface area contributed by atoms with E-state index in [1.165, 1.54) is 32.2 Å². The Morgan fingerprint density at radius 3 is 2.14 bits per heavy atom. The minimum absolute atomic E-state index is 0.0730. The van der Waals surface area contributed by atoms with E-state index in [9.17, 15) is 28.4 Å². The van der Waals surface area contributed by atoms with E-state index in [1.54, 1.807) is 23.1 Å². The molecule has 6 atom stereocenters. The Labute approximate surface area is 252 Å². The average Bonchev–Trinajstić information content (AvgIpc) is 3.11. The van der Waals surface area contributed by atoms with Crippen LogP contribution in [-0.2, 0) is 49.5 Å². The van der Waals surface area contributed by atoms with Crippen LogP contribution in [-0.4, -0.2) is 78.7 Å². The molecule has 1 unspecified atom stereocenters. The lowest BCUT2D eigenvalue weighted by molar-refractivity contribution is -0.192. The number of methoxy groups -OCH3 is 1. The second-order valence-electron chi connectivity index (χ2n) is 10.6. The van der Waals surface area contributed by atoms with Crippen LogP contribution in [0.2, 0.25) is 0 Å². The zero-order valence-corrected chi connectivity index (χ0v) is 25.7. The first-order valence-electron chi connectivity index (χ1n) is 14.4. The molecule has 1 saturated heterocycles. The van der Waals surface area contributed by atoms with Crippen LogP contribution in [0.1, 0.15) is 65.9 Å². The summed E-state index contributed by atoms with van der Waals surface area (Å²) in [6, 6.07) is 4.89. The maximum atomic E-state index is 13.7. The van der Waals surface area contributed by atoms with Gasteiger partial charge in [0.2, 0.25) is 5.91 Å². The van der Waals surface area contributed by atoms with Gasteiger partial charge < -0.3 is 29.2 Å². The van der Waals surface area contributed by atoms with Crippen molar-refractivity contribution in [3.63, 3.8) is 0 Å². The topological polar surface area (TPSA) is 138 Å². The number of esters is 3. The molecule has 0 saturated carbocycles. The standard InChI is InChI=1S/C31H43FN2O9/c1-7-19(2)11-16-26(41-20(3)35)27(42-21(4)36)28(43-22(5)37)29(40-6)30(38)33-25-10-8-9-17-34(31(25)39)18-23-12-14-24(32)15-13-23/h11-16,19,25-29H,7-10,17-18H2,1-6H3,(H,33,38)/t19?,25-,26+,27-,28+,29+/m0/s1. The molecule has 43 heavy (non-hydrogen) atoms. The molecule has 238 valence electrons. The molecule has 0 aliphatic carbocycles. The fraction of sp³-hybridized carbons (Fsp3) is 0.581. The highest BCUT2D eigenvalue weighted by molar-refractivity contribution is 5.90. The van der Waals surface area contributed by atoms with Gasteiger partial charge in [-0.2, -0.15) is 0 Å². The minimum Gasteiger partial charge on any atom is -0.455 e. The number of allylic oxidation sites excluding steroid dienone is 1. The fourth-order valence-electron chi connectivity index (χ4n) is 4.70. The second kappa shape index (κ2) is 17.3. The monoisotopic (exact) mass is 606 g/mol. The van der Waals surface area contributed by atoms with E-state index in [4.69, 9.17) is 18.9 Å². The molecule has 1 aliphatic heterocycles. The van der Waals surface area contributed by atoms with Crippen LogP contribution in [0.4, 0.5) is 4.39 Å². The summed E-state index contributed by atoms with van der Waals surface area (Å²) in [5.74, 6) is -3.71. The summed E-state index contributed by atoms with van der Waals surface area (Å²) in [4.78, 5) is 65.1. The Hall–Kier alpha value is -3.80. The first-order valence-corrected chi connectivity index (χ1v) is 14.4. The summed E-state index contributed by atoms with van der Waals surface area (Å²) in [5.41, 5.74) is 0.734. The molecule has 11 nitrogen and oxygen atoms in total. The molecule has 1 N–H and O–H groups in total. The summed E-state index contributed by atoms with van der Waals surface area (Å²) < 4.78 is 35.3. The van der Waals surface area contributed by atoms with Gasteiger partial charge in [0.1, 0.15) is 11.9 Å². The first kappa shape index (κ1) is 35.4. The lowest BCUT2D eigenvalue weighted by atomic mass is 9.98. The van der Waals surface area contributed by atoms with Crippen molar-refractivity contribution < 1.29 is 47.3 Å². The quantitative estimate of drug-likeness (QED) is 0.192. The number of nitrogens with one attached hydrogen (secondary N) is 1. The smallest absolute Gasteiger partial charge is 0.303 e. The van der Waals surface area contributed by atoms with Crippen molar-refractivity contribution in [2.45, 2.75) is 97.3 Å². The van der Waals surface area contributed by atoms with Crippen molar-refractivity contribution in [1.82, 2.24) is 10.2 Å². The molecule has 0 aromatic heterocycles. The van der Waals surface area contributed by atoms with Gasteiger partial charge in [-0.15, -0.1) is 0 Å². The maximum absolute atomic E-state index is 13.7. The van der Waals surface area contributed by atoms with Gasteiger partial charge >= 0.3 is 17.9 Å². The van der Waals surface area contributed by atoms with Crippen LogP contribution in [0.5, 0.6) is 0 Å². The molecular weight excluding hydrogens is 563 g/mol. The summed E-state index contributed by atoms with van der Waals surface area (Å²) in [6.07, 6.45) is -0.0401. The van der Waals surface area contributed by atoms with E-state index in [-0.39, 0.29) is 24.2 Å². The average molecular weight is 607 g/mol. The first-order chi connectivity index (χ1) is 20.4. The van der Waals surface area contributed by atoms with Crippen molar-refractivity contribution in [3.8, 4) is 0 Å². The number of ether oxygens (including phenoxy) is 4. The normalized spacial score (nSPS) is 19.0. The van der Waals surface area contributed by atoms with Crippen molar-refractivity contribution in [3.05, 3.63) is 47.8 Å². The highest BCUT2D eigenvalue weighted by atomic mass is 19.1. The van der Waals surface area contributed by atoms with Gasteiger partial charge in [-0.05, 0) is 49.0 Å². The van der Waals surface area contributed by atoms with Gasteiger partial charge in [-0.25, -0.2) is 4.39 Å². The summed E-state index contributed by atoms with van der Waals surface area (Å²) in [7, 11) is 1.21. The molecule has 1 aromatic rings. The predicted octanol–water partition coefficient (Wildman–Crippen LogP) is 3.24. The summed E-state index contributed by atoms with van der Waals surface area (Å²) >= 11 is 0. The number of hydrogen-bond donors (Lipinski definition) is 1. The van der Waals surface area contributed by atoms with Crippen LogP contribution in [0.15, 0.2) is 36.4 Å². The number of benzene rings is 1. The molecule has 0 radical (unpaired) electrons. The van der Waals surface area contributed by atoms with Crippen LogP contribution >= 0.6 is 0 Å². The molecule has 1 aromatic carbocycles. The van der Waals surface area contributed by atoms with Crippen molar-refractivity contribution >= 4 is 29.7 Å². The predicted molar refractivity (Wildman–Crippen MR) is 154 cm³/mol. The molecule has 0 bridgehead atoms. The number of halogens is 1. The van der Waals surface area contributed by atoms with Crippen molar-refractivity contribution in [2.24, 2.45) is 5.92 Å². The summed E-state index contributed by atoms with van der Waals surface area (Å²) in [6.45, 7) is 7.99. The molecule has 1 heterocycles. The maximum Gasteiger partial charge on any atom is 0.303 e. The number of carbonyl (C=O) groups excluding carboxylic acids is 5. The van der Waals surface area contributed by atoms with E-state index < -0.39 is 54.3 Å². The van der Waals surface area contributed by atoms with E-state index in [0.29, 0.717) is 25.8 Å². The zero-order valence-electron chi connectivity index (χ0n) is 25.7. The van der Waals surface area contributed by atoms with Gasteiger partial charge in [0.05, 0.1) is 0 Å². The minimum atomic E-state index is -1.55. The third kappa shape index (κ3) is 11.4. The number of carbonyl (C=O) groups is 5. The highest BCUT2D eigenvalue weighted by Gasteiger charge is 2.45. The number of hydrogen-bond acceptors (Lipinski definition) is 9. The van der Waals surface area contributed by atoms with Crippen LogP contribution in [0.3, 0.4) is 0 Å². The van der Waals surface area contributed by atoms with Crippen LogP contribution < -0.4 is 5.32 Å². The van der Waals surface area contributed by atoms with E-state index >= 15 is 0 Å². The van der Waals surface area contributed by atoms with Gasteiger partial charge in [-0.3, -0.25) is 24.0 Å². The Kier molecular flexibility index (Phi) is 14.3. The number of amides is 2. The van der Waals surface area contributed by atoms with Crippen molar-refractivity contribution in [2.75, 3.05) is 13.7 Å². The fourth-order valence-corrected chi connectivity index (χ4v) is 4.70. The van der Waals surface area contributed by atoms with Gasteiger partial charge in [0, 0.05) is 41.0 Å². The van der Waals surface area contributed by atoms with E-state index in [0.717, 1.165) is 25.8 Å². The van der Waals surface area contributed by atoms with Crippen LogP contribution in [0.25, 0.3) is 0 Å². The summed E-state index contributed by atoms with van der Waals surface area (Å²) in [5, 5.41) is 2.71. The molecule has 1 fully saturated rings. The number of likely N-dealkylation sites (tertiary alicyclic amines) is 1. The number of nitrogens with zero attached hydrogens (tertiary/aromatic N) is 1. The molecular formula is C31H43FN2O9. The molecule has 1 aliphatic rings. The lowest BCUT2D eigenvalue weighted by Crippen LogP contribution is -2.58. The molecule has 12 heteroatoms. The van der Waals surface area contributed by atoms with E-state index in [1.807, 2.05) is 13.8 Å². The number of rotatable bonds is 14. The highest BCUT2D eigenvalue weighted by Crippen LogP contribution is 2.22. The molecule has 2 rings (SSSR count). The van der Waals surface area contributed by atoms with E-state index in [2.05, 4.69) is 5.32 Å². The van der Waals surface area contributed by atoms with Gasteiger partial charge in [0.25, 0.3) is 5.91 Å². The third-order valence-electron chi connectivity index (χ3n) is 7.02. The Bertz CT molecular complexity index is 1140. The Morgan fingerprint density at radius 1 is 0.977 bits per heavy atom. The third-order valence-corrected chi connectivity index (χ3v) is 7.02. The second-order valence-corrected chi connectivity index (χ2v) is 10.6. The lowest BCUT2D eigenvalue weighted by Gasteiger charge is -2.34.